The highest BCUT2D eigenvalue weighted by molar-refractivity contribution is 5.70. The number of allylic oxidation sites excluding steroid dienone is 12. The van der Waals surface area contributed by atoms with E-state index in [4.69, 9.17) is 21.3 Å². The molecule has 0 fully saturated rings. The van der Waals surface area contributed by atoms with E-state index < -0.39 is 0 Å². The summed E-state index contributed by atoms with van der Waals surface area (Å²) in [5.74, 6) is 3.23. The van der Waals surface area contributed by atoms with E-state index >= 15 is 0 Å². The zero-order valence-corrected chi connectivity index (χ0v) is 37.4. The van der Waals surface area contributed by atoms with Gasteiger partial charge in [-0.3, -0.25) is 11.7 Å². The number of nitrogens with zero attached hydrogens (tertiary/aromatic N) is 6. The maximum absolute atomic E-state index is 8.85. The van der Waals surface area contributed by atoms with Crippen LogP contribution in [0.2, 0.25) is 0 Å². The molecule has 56 heavy (non-hydrogen) atoms. The summed E-state index contributed by atoms with van der Waals surface area (Å²) < 4.78 is 2.84. The van der Waals surface area contributed by atoms with Crippen molar-refractivity contribution in [3.05, 3.63) is 81.7 Å². The van der Waals surface area contributed by atoms with Gasteiger partial charge in [0.1, 0.15) is 12.1 Å². The van der Waals surface area contributed by atoms with Gasteiger partial charge >= 0.3 is 0 Å². The molecule has 0 unspecified atom stereocenters. The molecule has 312 valence electrons. The van der Waals surface area contributed by atoms with Gasteiger partial charge in [0.15, 0.2) is 0 Å². The van der Waals surface area contributed by atoms with E-state index in [1.165, 1.54) is 164 Å². The van der Waals surface area contributed by atoms with Crippen LogP contribution in [0.5, 0.6) is 0 Å². The van der Waals surface area contributed by atoms with Crippen molar-refractivity contribution in [2.24, 2.45) is 11.8 Å². The molecular weight excluding hydrogens is 685 g/mol. The Morgan fingerprint density at radius 1 is 0.429 bits per heavy atom. The highest BCUT2D eigenvalue weighted by atomic mass is 15.4. The van der Waals surface area contributed by atoms with Crippen molar-refractivity contribution < 1.29 is 8.97 Å². The summed E-state index contributed by atoms with van der Waals surface area (Å²) in [7, 11) is 0. The van der Waals surface area contributed by atoms with Crippen LogP contribution < -0.4 is 0 Å². The summed E-state index contributed by atoms with van der Waals surface area (Å²) in [6, 6.07) is 3.78. The van der Waals surface area contributed by atoms with Crippen LogP contribution >= 0.6 is 0 Å². The number of hydrogen-bond acceptors (Lipinski definition) is 2. The van der Waals surface area contributed by atoms with E-state index in [9.17, 15) is 0 Å². The van der Waals surface area contributed by atoms with E-state index in [0.29, 0.717) is 0 Å². The molecule has 6 nitrogen and oxygen atoms in total. The van der Waals surface area contributed by atoms with Gasteiger partial charge in [0.2, 0.25) is 0 Å². The van der Waals surface area contributed by atoms with Crippen molar-refractivity contribution in [3.8, 4) is 12.1 Å². The van der Waals surface area contributed by atoms with Crippen LogP contribution in [0.4, 0.5) is 0 Å². The summed E-state index contributed by atoms with van der Waals surface area (Å²) in [4.78, 5) is 0. The molecule has 2 aliphatic rings. The van der Waals surface area contributed by atoms with Gasteiger partial charge in [-0.05, 0) is 62.5 Å². The third-order valence-electron chi connectivity index (χ3n) is 11.3. The Morgan fingerprint density at radius 3 is 0.768 bits per heavy atom. The molecule has 6 heteroatoms. The van der Waals surface area contributed by atoms with Crippen molar-refractivity contribution in [2.45, 2.75) is 158 Å². The van der Waals surface area contributed by atoms with Crippen LogP contribution in [-0.2, 0) is 0 Å². The molecule has 0 saturated heterocycles. The maximum atomic E-state index is 8.85. The van der Waals surface area contributed by atoms with E-state index in [1.807, 2.05) is 48.2 Å². The smallest absolute Gasteiger partial charge is 0.102 e. The third kappa shape index (κ3) is 21.1. The summed E-state index contributed by atoms with van der Waals surface area (Å²) >= 11 is 0. The summed E-state index contributed by atoms with van der Waals surface area (Å²) in [6.45, 7) is 30.0. The van der Waals surface area contributed by atoms with E-state index in [0.717, 1.165) is 11.1 Å². The lowest BCUT2D eigenvalue weighted by atomic mass is 9.89. The first-order valence-electron chi connectivity index (χ1n) is 22.7. The molecular formula is C50H82N6. The Bertz CT molecular complexity index is 1190. The number of rotatable bonds is 26. The second-order valence-electron chi connectivity index (χ2n) is 16.0. The normalized spacial score (nSPS) is 15.8. The van der Waals surface area contributed by atoms with E-state index in [2.05, 4.69) is 55.4 Å². The number of unbranched alkanes of at least 4 members (excludes halogenated alkanes) is 8. The van der Waals surface area contributed by atoms with Crippen molar-refractivity contribution >= 4 is 11.7 Å². The maximum Gasteiger partial charge on any atom is 0.102 e. The molecule has 0 amide bonds. The standard InChI is InChI=1S/C18H10N4.2C16H36N/c19-9-17(10-20)15-5-1-13(2-6-15)14-3-7-16(8-4-14)18(11-21)12-22;2*1-5-9-13-17(14-10-6-2,15-11-7-3)16-12-8-4/h1-8,15-16H;2*5-16H2,1-4H3/q-2;2*+1. The Balaban J connectivity index is 0.000000823. The van der Waals surface area contributed by atoms with Crippen molar-refractivity contribution in [1.29, 1.82) is 10.5 Å². The monoisotopic (exact) mass is 767 g/mol. The van der Waals surface area contributed by atoms with Gasteiger partial charge in [-0.1, -0.05) is 155 Å². The first-order valence-corrected chi connectivity index (χ1v) is 22.7. The van der Waals surface area contributed by atoms with Gasteiger partial charge in [-0.25, -0.2) is 0 Å². The first kappa shape index (κ1) is 52.5. The Morgan fingerprint density at radius 2 is 0.625 bits per heavy atom. The Hall–Kier alpha value is -3.50. The molecule has 0 aromatic rings. The number of hydrogen-bond donors (Lipinski definition) is 0. The minimum absolute atomic E-state index is 0.161. The molecule has 0 atom stereocenters. The van der Waals surface area contributed by atoms with Crippen LogP contribution in [0, 0.1) is 34.5 Å². The quantitative estimate of drug-likeness (QED) is 0.0498. The van der Waals surface area contributed by atoms with Gasteiger partial charge in [0.25, 0.3) is 0 Å². The van der Waals surface area contributed by atoms with Crippen molar-refractivity contribution in [3.63, 3.8) is 0 Å². The SMILES string of the molecule is CCCC[N+](CCCC)(CCCC)CCCC.CCCC[N+](CCCC)(CCCC)CCCC.N#CC(=C=[N-])C1C=CC(=C2C=CC(C(=C=[N-])C#N)C=C2)C=C1. The molecule has 0 radical (unpaired) electrons. The molecule has 0 bridgehead atoms. The lowest BCUT2D eigenvalue weighted by Gasteiger charge is -2.39. The number of nitriles is 2. The first-order chi connectivity index (χ1) is 27.2. The van der Waals surface area contributed by atoms with Crippen molar-refractivity contribution in [2.75, 3.05) is 52.4 Å². The Kier molecular flexibility index (Phi) is 31.5. The molecule has 2 aliphatic carbocycles. The fourth-order valence-corrected chi connectivity index (χ4v) is 7.48. The van der Waals surface area contributed by atoms with E-state index in [1.54, 1.807) is 24.3 Å². The van der Waals surface area contributed by atoms with Gasteiger partial charge in [-0.2, -0.15) is 10.5 Å². The predicted octanol–water partition coefficient (Wildman–Crippen LogP) is 13.2. The predicted molar refractivity (Wildman–Crippen MR) is 244 cm³/mol. The molecule has 0 heterocycles. The zero-order valence-electron chi connectivity index (χ0n) is 37.4. The molecule has 0 saturated carbocycles. The number of quaternary nitrogens is 2. The van der Waals surface area contributed by atoms with Gasteiger partial charge in [0.05, 0.1) is 63.5 Å². The van der Waals surface area contributed by atoms with Crippen LogP contribution in [0.3, 0.4) is 0 Å². The van der Waals surface area contributed by atoms with Gasteiger partial charge in [0, 0.05) is 11.8 Å². The highest BCUT2D eigenvalue weighted by Gasteiger charge is 2.26. The van der Waals surface area contributed by atoms with Crippen LogP contribution in [0.25, 0.3) is 10.8 Å². The fraction of sp³-hybridized carbons (Fsp3) is 0.680. The second-order valence-corrected chi connectivity index (χ2v) is 16.0. The molecule has 0 N–H and O–H groups in total. The van der Waals surface area contributed by atoms with Gasteiger partial charge in [-0.15, -0.1) is 0 Å². The minimum Gasteiger partial charge on any atom is -0.762 e. The van der Waals surface area contributed by atoms with Crippen LogP contribution in [0.15, 0.2) is 70.9 Å². The lowest BCUT2D eigenvalue weighted by molar-refractivity contribution is -0.929. The summed E-state index contributed by atoms with van der Waals surface area (Å²) in [5.41, 5.74) is 2.23. The summed E-state index contributed by atoms with van der Waals surface area (Å²) in [6.07, 6.45) is 36.8. The van der Waals surface area contributed by atoms with E-state index in [-0.39, 0.29) is 23.0 Å². The van der Waals surface area contributed by atoms with Crippen LogP contribution in [0.1, 0.15) is 158 Å². The third-order valence-corrected chi connectivity index (χ3v) is 11.3. The summed E-state index contributed by atoms with van der Waals surface area (Å²) in [5, 5.41) is 35.4. The zero-order chi connectivity index (χ0) is 41.9. The Labute approximate surface area is 346 Å². The largest absolute Gasteiger partial charge is 0.762 e. The lowest BCUT2D eigenvalue weighted by Crippen LogP contribution is -2.50. The van der Waals surface area contributed by atoms with Crippen LogP contribution in [-0.4, -0.2) is 73.1 Å². The fourth-order valence-electron chi connectivity index (χ4n) is 7.48. The molecule has 0 aliphatic heterocycles. The highest BCUT2D eigenvalue weighted by Crippen LogP contribution is 2.26. The van der Waals surface area contributed by atoms with Gasteiger partial charge < -0.3 is 19.8 Å². The van der Waals surface area contributed by atoms with Crippen molar-refractivity contribution in [1.82, 2.24) is 0 Å². The molecule has 0 aromatic carbocycles. The molecule has 0 spiro atoms. The average molecular weight is 767 g/mol. The minimum atomic E-state index is -0.277. The molecule has 2 rings (SSSR count). The second kappa shape index (κ2) is 33.6. The topological polar surface area (TPSA) is 92.2 Å². The average Bonchev–Trinajstić information content (AvgIpc) is 3.24. The molecule has 0 aromatic heterocycles.